The van der Waals surface area contributed by atoms with Crippen LogP contribution in [-0.4, -0.2) is 35.7 Å². The van der Waals surface area contributed by atoms with Crippen LogP contribution < -0.4 is 5.73 Å². The van der Waals surface area contributed by atoms with Gasteiger partial charge in [0.05, 0.1) is 18.0 Å². The lowest BCUT2D eigenvalue weighted by molar-refractivity contribution is -0.119. The molecule has 1 aromatic rings. The van der Waals surface area contributed by atoms with Gasteiger partial charge in [-0.05, 0) is 40.2 Å². The van der Waals surface area contributed by atoms with Crippen LogP contribution in [0.4, 0.5) is 0 Å². The Bertz CT molecular complexity index is 469. The predicted octanol–water partition coefficient (Wildman–Crippen LogP) is 2.42. The highest BCUT2D eigenvalue weighted by Crippen LogP contribution is 2.26. The van der Waals surface area contributed by atoms with Crippen molar-refractivity contribution in [3.63, 3.8) is 0 Å². The molecule has 1 fully saturated rings. The Hall–Kier alpha value is -0.720. The Balaban J connectivity index is 2.04. The van der Waals surface area contributed by atoms with E-state index in [0.717, 1.165) is 30.2 Å². The first kappa shape index (κ1) is 14.7. The molecule has 0 aliphatic heterocycles. The first-order chi connectivity index (χ1) is 9.08. The number of carbonyl (C=O) groups is 2. The lowest BCUT2D eigenvalue weighted by Crippen LogP contribution is -2.42. The lowest BCUT2D eigenvalue weighted by Gasteiger charge is -2.26. The Morgan fingerprint density at radius 3 is 2.58 bits per heavy atom. The molecule has 6 heteroatoms. The van der Waals surface area contributed by atoms with Crippen molar-refractivity contribution < 1.29 is 9.59 Å². The normalized spacial score (nSPS) is 16.1. The second-order valence-corrected chi connectivity index (χ2v) is 6.60. The second-order valence-electron chi connectivity index (χ2n) is 4.83. The van der Waals surface area contributed by atoms with Crippen LogP contribution in [0.5, 0.6) is 0 Å². The van der Waals surface area contributed by atoms with Gasteiger partial charge in [0.25, 0.3) is 0 Å². The highest BCUT2D eigenvalue weighted by Gasteiger charge is 2.26. The van der Waals surface area contributed by atoms with E-state index in [-0.39, 0.29) is 24.8 Å². The molecule has 1 saturated carbocycles. The summed E-state index contributed by atoms with van der Waals surface area (Å²) in [6, 6.07) is 2.18. The fraction of sp³-hybridized carbons (Fsp3) is 0.538. The first-order valence-corrected chi connectivity index (χ1v) is 8.03. The quantitative estimate of drug-likeness (QED) is 0.806. The van der Waals surface area contributed by atoms with E-state index in [9.17, 15) is 9.59 Å². The summed E-state index contributed by atoms with van der Waals surface area (Å²) in [4.78, 5) is 26.1. The van der Waals surface area contributed by atoms with Crippen molar-refractivity contribution in [1.29, 1.82) is 0 Å². The maximum atomic E-state index is 12.3. The number of primary amides is 1. The minimum atomic E-state index is -0.370. The van der Waals surface area contributed by atoms with E-state index in [0.29, 0.717) is 10.9 Å². The molecule has 0 radical (unpaired) electrons. The van der Waals surface area contributed by atoms with Gasteiger partial charge < -0.3 is 5.73 Å². The van der Waals surface area contributed by atoms with Crippen molar-refractivity contribution in [1.82, 2.24) is 4.90 Å². The van der Waals surface area contributed by atoms with E-state index >= 15 is 0 Å². The van der Waals surface area contributed by atoms with Gasteiger partial charge in [0.1, 0.15) is 0 Å². The van der Waals surface area contributed by atoms with E-state index in [2.05, 4.69) is 15.9 Å². The third kappa shape index (κ3) is 3.87. The van der Waals surface area contributed by atoms with Crippen LogP contribution in [0.2, 0.25) is 0 Å². The predicted molar refractivity (Wildman–Crippen MR) is 79.4 cm³/mol. The van der Waals surface area contributed by atoms with Gasteiger partial charge in [-0.2, -0.15) is 0 Å². The van der Waals surface area contributed by atoms with Crippen molar-refractivity contribution in [3.05, 3.63) is 20.8 Å². The molecule has 1 amide bonds. The average molecular weight is 345 g/mol. The zero-order valence-electron chi connectivity index (χ0n) is 10.6. The minimum absolute atomic E-state index is 0.0509. The first-order valence-electron chi connectivity index (χ1n) is 6.36. The molecule has 1 aromatic heterocycles. The number of hydrogen-bond donors (Lipinski definition) is 1. The number of nitrogens with two attached hydrogens (primary N) is 1. The van der Waals surface area contributed by atoms with Gasteiger partial charge in [0, 0.05) is 10.5 Å². The number of Topliss-reactive ketones (excluding diaryl/α,β-unsaturated/α-hetero) is 1. The van der Waals surface area contributed by atoms with E-state index in [1.807, 2.05) is 16.3 Å². The average Bonchev–Trinajstić information content (AvgIpc) is 2.97. The Morgan fingerprint density at radius 2 is 2.05 bits per heavy atom. The fourth-order valence-electron chi connectivity index (χ4n) is 2.53. The summed E-state index contributed by atoms with van der Waals surface area (Å²) in [7, 11) is 0. The summed E-state index contributed by atoms with van der Waals surface area (Å²) >= 11 is 4.79. The van der Waals surface area contributed by atoms with Crippen molar-refractivity contribution in [2.75, 3.05) is 13.1 Å². The Kier molecular flexibility index (Phi) is 5.13. The van der Waals surface area contributed by atoms with Crippen molar-refractivity contribution in [2.45, 2.75) is 31.7 Å². The van der Waals surface area contributed by atoms with Crippen molar-refractivity contribution in [2.24, 2.45) is 5.73 Å². The molecule has 0 spiro atoms. The van der Waals surface area contributed by atoms with Gasteiger partial charge >= 0.3 is 0 Å². The van der Waals surface area contributed by atoms with E-state index < -0.39 is 0 Å². The zero-order valence-corrected chi connectivity index (χ0v) is 13.0. The largest absolute Gasteiger partial charge is 0.369 e. The summed E-state index contributed by atoms with van der Waals surface area (Å²) in [6.07, 6.45) is 4.42. The summed E-state index contributed by atoms with van der Waals surface area (Å²) in [6.45, 7) is 0.437. The van der Waals surface area contributed by atoms with Gasteiger partial charge in [-0.3, -0.25) is 14.5 Å². The number of halogens is 1. The Labute approximate surface area is 125 Å². The summed E-state index contributed by atoms with van der Waals surface area (Å²) in [5.41, 5.74) is 5.29. The van der Waals surface area contributed by atoms with Gasteiger partial charge in [0.2, 0.25) is 5.91 Å². The molecule has 2 rings (SSSR count). The molecule has 1 aliphatic carbocycles. The van der Waals surface area contributed by atoms with Gasteiger partial charge in [-0.25, -0.2) is 0 Å². The summed E-state index contributed by atoms with van der Waals surface area (Å²) in [5, 5.41) is 1.88. The minimum Gasteiger partial charge on any atom is -0.369 e. The molecule has 0 saturated heterocycles. The third-order valence-electron chi connectivity index (χ3n) is 3.42. The van der Waals surface area contributed by atoms with E-state index in [4.69, 9.17) is 5.73 Å². The SMILES string of the molecule is NC(=O)CN(CC(=O)c1sccc1Br)C1CCCC1. The smallest absolute Gasteiger partial charge is 0.231 e. The number of thiophene rings is 1. The maximum absolute atomic E-state index is 12.3. The molecular weight excluding hydrogens is 328 g/mol. The molecule has 0 aromatic carbocycles. The molecular formula is C13H17BrN2O2S. The molecule has 1 heterocycles. The molecule has 19 heavy (non-hydrogen) atoms. The highest BCUT2D eigenvalue weighted by molar-refractivity contribution is 9.10. The molecule has 104 valence electrons. The van der Waals surface area contributed by atoms with Crippen LogP contribution in [0.3, 0.4) is 0 Å². The summed E-state index contributed by atoms with van der Waals surface area (Å²) < 4.78 is 0.827. The fourth-order valence-corrected chi connectivity index (χ4v) is 4.06. The number of nitrogens with zero attached hydrogens (tertiary/aromatic N) is 1. The van der Waals surface area contributed by atoms with Gasteiger partial charge in [-0.1, -0.05) is 12.8 Å². The van der Waals surface area contributed by atoms with E-state index in [1.54, 1.807) is 0 Å². The lowest BCUT2D eigenvalue weighted by atomic mass is 10.2. The standard InChI is InChI=1S/C13H17BrN2O2S/c14-10-5-6-19-13(10)11(17)7-16(8-12(15)18)9-3-1-2-4-9/h5-6,9H,1-4,7-8H2,(H2,15,18). The molecule has 0 bridgehead atoms. The third-order valence-corrected chi connectivity index (χ3v) is 5.30. The van der Waals surface area contributed by atoms with Crippen LogP contribution in [-0.2, 0) is 4.79 Å². The molecule has 0 unspecified atom stereocenters. The van der Waals surface area contributed by atoms with Crippen molar-refractivity contribution >= 4 is 39.0 Å². The number of ketones is 1. The topological polar surface area (TPSA) is 63.4 Å². The number of amides is 1. The molecule has 2 N–H and O–H groups in total. The number of rotatable bonds is 6. The monoisotopic (exact) mass is 344 g/mol. The van der Waals surface area contributed by atoms with E-state index in [1.165, 1.54) is 11.3 Å². The van der Waals surface area contributed by atoms with Crippen LogP contribution in [0, 0.1) is 0 Å². The van der Waals surface area contributed by atoms with Gasteiger partial charge in [0.15, 0.2) is 5.78 Å². The summed E-state index contributed by atoms with van der Waals surface area (Å²) in [5.74, 6) is -0.319. The molecule has 0 atom stereocenters. The highest BCUT2D eigenvalue weighted by atomic mass is 79.9. The van der Waals surface area contributed by atoms with Crippen LogP contribution in [0.25, 0.3) is 0 Å². The van der Waals surface area contributed by atoms with Crippen LogP contribution in [0.15, 0.2) is 15.9 Å². The van der Waals surface area contributed by atoms with Crippen LogP contribution >= 0.6 is 27.3 Å². The van der Waals surface area contributed by atoms with Crippen molar-refractivity contribution in [3.8, 4) is 0 Å². The Morgan fingerprint density at radius 1 is 1.37 bits per heavy atom. The maximum Gasteiger partial charge on any atom is 0.231 e. The molecule has 1 aliphatic rings. The number of hydrogen-bond acceptors (Lipinski definition) is 4. The van der Waals surface area contributed by atoms with Gasteiger partial charge in [-0.15, -0.1) is 11.3 Å². The second kappa shape index (κ2) is 6.63. The molecule has 4 nitrogen and oxygen atoms in total. The zero-order chi connectivity index (χ0) is 13.8. The van der Waals surface area contributed by atoms with Crippen LogP contribution in [0.1, 0.15) is 35.4 Å². The number of carbonyl (C=O) groups excluding carboxylic acids is 2.